The first-order chi connectivity index (χ1) is 9.36. The van der Waals surface area contributed by atoms with Crippen molar-refractivity contribution in [3.05, 3.63) is 41.5 Å². The van der Waals surface area contributed by atoms with E-state index in [1.165, 1.54) is 30.4 Å². The Balaban J connectivity index is 1.91. The third-order valence-electron chi connectivity index (χ3n) is 3.49. The van der Waals surface area contributed by atoms with Crippen molar-refractivity contribution < 1.29 is 0 Å². The van der Waals surface area contributed by atoms with E-state index in [9.17, 15) is 0 Å². The smallest absolute Gasteiger partial charge is 0.182 e. The summed E-state index contributed by atoms with van der Waals surface area (Å²) in [6.07, 6.45) is 6.74. The molecular weight excluding hydrogens is 236 g/mol. The summed E-state index contributed by atoms with van der Waals surface area (Å²) in [7, 11) is 0. The fourth-order valence-electron chi connectivity index (χ4n) is 2.50. The standard InChI is InChI=1S/C15H14N4/c16-10-17-15-8-7-14(18-19-15)13-6-5-11-3-1-2-4-12(11)9-13/h5-9H,1-4H2,(H,17,19). The molecule has 1 aromatic carbocycles. The number of anilines is 1. The summed E-state index contributed by atoms with van der Waals surface area (Å²) in [6.45, 7) is 0. The normalized spacial score (nSPS) is 13.4. The number of hydrogen-bond donors (Lipinski definition) is 1. The van der Waals surface area contributed by atoms with E-state index in [4.69, 9.17) is 5.26 Å². The molecule has 3 rings (SSSR count). The number of nitrogens with one attached hydrogen (secondary N) is 1. The van der Waals surface area contributed by atoms with Gasteiger partial charge in [0, 0.05) is 5.56 Å². The molecule has 0 spiro atoms. The first-order valence-electron chi connectivity index (χ1n) is 6.48. The number of benzene rings is 1. The molecule has 0 amide bonds. The zero-order valence-corrected chi connectivity index (χ0v) is 10.6. The Labute approximate surface area is 112 Å². The molecule has 4 nitrogen and oxygen atoms in total. The van der Waals surface area contributed by atoms with Gasteiger partial charge in [-0.25, -0.2) is 0 Å². The summed E-state index contributed by atoms with van der Waals surface area (Å²) in [4.78, 5) is 0. The van der Waals surface area contributed by atoms with Crippen LogP contribution in [0.5, 0.6) is 0 Å². The van der Waals surface area contributed by atoms with Crippen LogP contribution in [0.3, 0.4) is 0 Å². The van der Waals surface area contributed by atoms with Crippen LogP contribution in [0, 0.1) is 11.5 Å². The molecule has 0 fully saturated rings. The van der Waals surface area contributed by atoms with E-state index in [0.717, 1.165) is 17.7 Å². The quantitative estimate of drug-likeness (QED) is 0.657. The van der Waals surface area contributed by atoms with Gasteiger partial charge in [0.05, 0.1) is 5.69 Å². The highest BCUT2D eigenvalue weighted by Gasteiger charge is 2.10. The van der Waals surface area contributed by atoms with E-state index in [2.05, 4.69) is 33.7 Å². The fraction of sp³-hybridized carbons (Fsp3) is 0.267. The summed E-state index contributed by atoms with van der Waals surface area (Å²) >= 11 is 0. The van der Waals surface area contributed by atoms with Crippen molar-refractivity contribution in [3.63, 3.8) is 0 Å². The molecule has 0 unspecified atom stereocenters. The Bertz CT molecular complexity index is 626. The van der Waals surface area contributed by atoms with Crippen LogP contribution in [-0.4, -0.2) is 10.2 Å². The van der Waals surface area contributed by atoms with Crippen LogP contribution in [0.15, 0.2) is 30.3 Å². The van der Waals surface area contributed by atoms with E-state index in [1.54, 1.807) is 6.07 Å². The average molecular weight is 250 g/mol. The van der Waals surface area contributed by atoms with Crippen LogP contribution in [0.1, 0.15) is 24.0 Å². The van der Waals surface area contributed by atoms with Crippen LogP contribution in [0.2, 0.25) is 0 Å². The third kappa shape index (κ3) is 2.41. The lowest BCUT2D eigenvalue weighted by Gasteiger charge is -2.16. The van der Waals surface area contributed by atoms with E-state index >= 15 is 0 Å². The minimum Gasteiger partial charge on any atom is -0.275 e. The molecule has 0 saturated carbocycles. The van der Waals surface area contributed by atoms with Crippen LogP contribution in [-0.2, 0) is 12.8 Å². The van der Waals surface area contributed by atoms with Gasteiger partial charge in [0.2, 0.25) is 0 Å². The Kier molecular flexibility index (Phi) is 3.11. The predicted molar refractivity (Wildman–Crippen MR) is 73.3 cm³/mol. The summed E-state index contributed by atoms with van der Waals surface area (Å²) in [5.74, 6) is 0.476. The van der Waals surface area contributed by atoms with Crippen molar-refractivity contribution in [1.29, 1.82) is 5.26 Å². The van der Waals surface area contributed by atoms with Crippen LogP contribution in [0.4, 0.5) is 5.82 Å². The Morgan fingerprint density at radius 3 is 2.58 bits per heavy atom. The summed E-state index contributed by atoms with van der Waals surface area (Å²) in [6, 6.07) is 10.2. The number of nitriles is 1. The third-order valence-corrected chi connectivity index (χ3v) is 3.49. The van der Waals surface area contributed by atoms with Crippen molar-refractivity contribution >= 4 is 5.82 Å². The van der Waals surface area contributed by atoms with Gasteiger partial charge in [0.25, 0.3) is 0 Å². The minimum absolute atomic E-state index is 0.476. The monoisotopic (exact) mass is 250 g/mol. The lowest BCUT2D eigenvalue weighted by atomic mass is 9.90. The van der Waals surface area contributed by atoms with Crippen LogP contribution >= 0.6 is 0 Å². The molecule has 0 saturated heterocycles. The van der Waals surface area contributed by atoms with E-state index in [-0.39, 0.29) is 0 Å². The molecule has 0 bridgehead atoms. The van der Waals surface area contributed by atoms with Crippen molar-refractivity contribution in [2.45, 2.75) is 25.7 Å². The summed E-state index contributed by atoms with van der Waals surface area (Å²) in [5, 5.41) is 19.1. The Morgan fingerprint density at radius 2 is 1.84 bits per heavy atom. The number of rotatable bonds is 2. The number of fused-ring (bicyclic) bond motifs is 1. The fourth-order valence-corrected chi connectivity index (χ4v) is 2.50. The van der Waals surface area contributed by atoms with E-state index in [1.807, 2.05) is 12.3 Å². The molecule has 0 aliphatic heterocycles. The highest BCUT2D eigenvalue weighted by molar-refractivity contribution is 5.62. The highest BCUT2D eigenvalue weighted by Crippen LogP contribution is 2.26. The van der Waals surface area contributed by atoms with Crippen LogP contribution < -0.4 is 5.32 Å². The number of aryl methyl sites for hydroxylation is 2. The molecule has 1 heterocycles. The average Bonchev–Trinajstić information content (AvgIpc) is 2.48. The van der Waals surface area contributed by atoms with Gasteiger partial charge in [0.15, 0.2) is 12.0 Å². The van der Waals surface area contributed by atoms with Crippen molar-refractivity contribution in [3.8, 4) is 17.5 Å². The van der Waals surface area contributed by atoms with Crippen molar-refractivity contribution in [1.82, 2.24) is 10.2 Å². The van der Waals surface area contributed by atoms with Gasteiger partial charge in [-0.15, -0.1) is 10.2 Å². The van der Waals surface area contributed by atoms with Gasteiger partial charge in [0.1, 0.15) is 0 Å². The molecule has 0 atom stereocenters. The molecule has 1 aliphatic carbocycles. The zero-order chi connectivity index (χ0) is 13.1. The van der Waals surface area contributed by atoms with Gasteiger partial charge < -0.3 is 0 Å². The molecule has 4 heteroatoms. The molecular formula is C15H14N4. The first kappa shape index (κ1) is 11.7. The maximum atomic E-state index is 8.51. The maximum absolute atomic E-state index is 8.51. The SMILES string of the molecule is N#CNc1ccc(-c2ccc3c(c2)CCCC3)nn1. The maximum Gasteiger partial charge on any atom is 0.182 e. The van der Waals surface area contributed by atoms with Gasteiger partial charge in [-0.2, -0.15) is 5.26 Å². The van der Waals surface area contributed by atoms with Crippen molar-refractivity contribution in [2.24, 2.45) is 0 Å². The van der Waals surface area contributed by atoms with Gasteiger partial charge in [-0.1, -0.05) is 12.1 Å². The predicted octanol–water partition coefficient (Wildman–Crippen LogP) is 2.92. The van der Waals surface area contributed by atoms with Gasteiger partial charge in [-0.05, 0) is 55.0 Å². The first-order valence-corrected chi connectivity index (χ1v) is 6.48. The van der Waals surface area contributed by atoms with E-state index in [0.29, 0.717) is 5.82 Å². The molecule has 1 aromatic heterocycles. The summed E-state index contributed by atoms with van der Waals surface area (Å²) < 4.78 is 0. The zero-order valence-electron chi connectivity index (χ0n) is 10.6. The Hall–Kier alpha value is -2.41. The number of nitrogens with zero attached hydrogens (tertiary/aromatic N) is 3. The second kappa shape index (κ2) is 5.07. The second-order valence-electron chi connectivity index (χ2n) is 4.73. The highest BCUT2D eigenvalue weighted by atomic mass is 15.2. The molecule has 2 aromatic rings. The largest absolute Gasteiger partial charge is 0.275 e. The van der Waals surface area contributed by atoms with E-state index < -0.39 is 0 Å². The lowest BCUT2D eigenvalue weighted by Crippen LogP contribution is -2.02. The number of aromatic nitrogens is 2. The number of hydrogen-bond acceptors (Lipinski definition) is 4. The topological polar surface area (TPSA) is 61.6 Å². The summed E-state index contributed by atoms with van der Waals surface area (Å²) in [5.41, 5.74) is 4.84. The molecule has 1 N–H and O–H groups in total. The molecule has 1 aliphatic rings. The minimum atomic E-state index is 0.476. The van der Waals surface area contributed by atoms with Gasteiger partial charge in [-0.3, -0.25) is 5.32 Å². The Morgan fingerprint density at radius 1 is 1.00 bits per heavy atom. The van der Waals surface area contributed by atoms with Crippen LogP contribution in [0.25, 0.3) is 11.3 Å². The molecule has 0 radical (unpaired) electrons. The lowest BCUT2D eigenvalue weighted by molar-refractivity contribution is 0.686. The van der Waals surface area contributed by atoms with Gasteiger partial charge >= 0.3 is 0 Å². The van der Waals surface area contributed by atoms with Crippen molar-refractivity contribution in [2.75, 3.05) is 5.32 Å². The molecule has 94 valence electrons. The molecule has 19 heavy (non-hydrogen) atoms. The second-order valence-corrected chi connectivity index (χ2v) is 4.73.